The van der Waals surface area contributed by atoms with Crippen LogP contribution >= 0.6 is 23.2 Å². The number of carbonyl (C=O) groups excluding carboxylic acids is 1. The lowest BCUT2D eigenvalue weighted by Crippen LogP contribution is -2.31. The number of likely N-dealkylation sites (N-methyl/N-ethyl adjacent to an activating group) is 1. The number of aromatic nitrogens is 2. The van der Waals surface area contributed by atoms with Crippen LogP contribution in [0, 0.1) is 10.1 Å². The summed E-state index contributed by atoms with van der Waals surface area (Å²) in [7, 11) is 3.16. The number of anilines is 2. The van der Waals surface area contributed by atoms with Gasteiger partial charge in [0.25, 0.3) is 0 Å². The molecule has 0 aliphatic carbocycles. The molecule has 2 aromatic rings. The quantitative estimate of drug-likeness (QED) is 0.655. The standard InChI is InChI=1S/C13H13Cl2N5O3/c1-18(13-12(20(22)23)16-7-19(13)2)6-10(21)17-11-8(14)4-3-5-9(11)15/h3-5,7H,6H2,1-2H3,(H,17,21). The topological polar surface area (TPSA) is 93.3 Å². The van der Waals surface area contributed by atoms with E-state index in [1.54, 1.807) is 32.3 Å². The number of amides is 1. The van der Waals surface area contributed by atoms with Gasteiger partial charge in [-0.15, -0.1) is 0 Å². The fraction of sp³-hybridized carbons (Fsp3) is 0.231. The Labute approximate surface area is 141 Å². The minimum Gasteiger partial charge on any atom is -0.358 e. The minimum atomic E-state index is -0.603. The fourth-order valence-corrected chi connectivity index (χ4v) is 2.56. The largest absolute Gasteiger partial charge is 0.406 e. The van der Waals surface area contributed by atoms with Gasteiger partial charge in [-0.1, -0.05) is 29.3 Å². The number of hydrogen-bond donors (Lipinski definition) is 1. The van der Waals surface area contributed by atoms with Gasteiger partial charge >= 0.3 is 5.82 Å². The van der Waals surface area contributed by atoms with Gasteiger partial charge in [-0.3, -0.25) is 9.36 Å². The first-order valence-corrected chi connectivity index (χ1v) is 7.17. The van der Waals surface area contributed by atoms with E-state index >= 15 is 0 Å². The average Bonchev–Trinajstić information content (AvgIpc) is 2.85. The number of benzene rings is 1. The molecule has 0 saturated heterocycles. The Morgan fingerprint density at radius 2 is 2.04 bits per heavy atom. The van der Waals surface area contributed by atoms with Gasteiger partial charge in [0.2, 0.25) is 18.1 Å². The molecule has 122 valence electrons. The second-order valence-electron chi connectivity index (χ2n) is 4.76. The SMILES string of the molecule is CN(CC(=O)Nc1c(Cl)cccc1Cl)c1c([N+](=O)[O-])ncn1C. The predicted octanol–water partition coefficient (Wildman–Crippen LogP) is 2.71. The van der Waals surface area contributed by atoms with Crippen molar-refractivity contribution in [1.29, 1.82) is 0 Å². The number of para-hydroxylation sites is 1. The summed E-state index contributed by atoms with van der Waals surface area (Å²) < 4.78 is 1.47. The maximum absolute atomic E-state index is 12.1. The van der Waals surface area contributed by atoms with E-state index in [-0.39, 0.29) is 18.2 Å². The summed E-state index contributed by atoms with van der Waals surface area (Å²) in [4.78, 5) is 27.6. The molecule has 1 N–H and O–H groups in total. The second-order valence-corrected chi connectivity index (χ2v) is 5.58. The maximum atomic E-state index is 12.1. The second kappa shape index (κ2) is 6.84. The van der Waals surface area contributed by atoms with E-state index in [4.69, 9.17) is 23.2 Å². The third-order valence-electron chi connectivity index (χ3n) is 3.03. The monoisotopic (exact) mass is 357 g/mol. The number of halogens is 2. The molecule has 0 unspecified atom stereocenters. The van der Waals surface area contributed by atoms with Crippen LogP contribution in [0.25, 0.3) is 0 Å². The van der Waals surface area contributed by atoms with E-state index in [0.717, 1.165) is 0 Å². The summed E-state index contributed by atoms with van der Waals surface area (Å²) in [6.45, 7) is -0.137. The number of hydrogen-bond acceptors (Lipinski definition) is 5. The van der Waals surface area contributed by atoms with Crippen LogP contribution in [-0.4, -0.2) is 34.0 Å². The smallest absolute Gasteiger partial charge is 0.358 e. The van der Waals surface area contributed by atoms with Gasteiger partial charge in [0.05, 0.1) is 22.3 Å². The van der Waals surface area contributed by atoms with E-state index < -0.39 is 10.8 Å². The number of carbonyl (C=O) groups is 1. The van der Waals surface area contributed by atoms with Gasteiger partial charge in [-0.05, 0) is 22.0 Å². The average molecular weight is 358 g/mol. The molecule has 8 nitrogen and oxygen atoms in total. The molecule has 1 aromatic heterocycles. The molecule has 0 aliphatic heterocycles. The van der Waals surface area contributed by atoms with E-state index in [1.165, 1.54) is 15.8 Å². The van der Waals surface area contributed by atoms with Crippen LogP contribution in [0.5, 0.6) is 0 Å². The zero-order valence-electron chi connectivity index (χ0n) is 12.3. The molecular weight excluding hydrogens is 345 g/mol. The number of rotatable bonds is 5. The summed E-state index contributed by atoms with van der Waals surface area (Å²) in [5.41, 5.74) is 0.300. The third kappa shape index (κ3) is 3.72. The summed E-state index contributed by atoms with van der Waals surface area (Å²) >= 11 is 12.0. The van der Waals surface area contributed by atoms with Crippen LogP contribution in [0.15, 0.2) is 24.5 Å². The lowest BCUT2D eigenvalue weighted by Gasteiger charge is -2.18. The van der Waals surface area contributed by atoms with Gasteiger partial charge in [-0.25, -0.2) is 0 Å². The maximum Gasteiger partial charge on any atom is 0.406 e. The highest BCUT2D eigenvalue weighted by molar-refractivity contribution is 6.39. The predicted molar refractivity (Wildman–Crippen MR) is 88.2 cm³/mol. The fourth-order valence-electron chi connectivity index (χ4n) is 2.07. The van der Waals surface area contributed by atoms with Crippen molar-refractivity contribution < 1.29 is 9.72 Å². The molecule has 0 aliphatic rings. The Morgan fingerprint density at radius 3 is 2.61 bits per heavy atom. The number of nitro groups is 1. The molecule has 0 saturated carbocycles. The van der Waals surface area contributed by atoms with E-state index in [2.05, 4.69) is 10.3 Å². The summed E-state index contributed by atoms with van der Waals surface area (Å²) in [6.07, 6.45) is 1.31. The van der Waals surface area contributed by atoms with Gasteiger partial charge < -0.3 is 20.3 Å². The molecule has 1 heterocycles. The molecule has 2 rings (SSSR count). The Balaban J connectivity index is 2.15. The summed E-state index contributed by atoms with van der Waals surface area (Å²) in [6, 6.07) is 4.85. The van der Waals surface area contributed by atoms with Crippen molar-refractivity contribution in [2.24, 2.45) is 7.05 Å². The van der Waals surface area contributed by atoms with E-state index in [9.17, 15) is 14.9 Å². The van der Waals surface area contributed by atoms with Crippen molar-refractivity contribution in [2.45, 2.75) is 0 Å². The van der Waals surface area contributed by atoms with Crippen LogP contribution in [0.2, 0.25) is 10.0 Å². The Bertz CT molecular complexity index is 742. The Kier molecular flexibility index (Phi) is 5.07. The normalized spacial score (nSPS) is 10.4. The molecule has 1 amide bonds. The number of imidazole rings is 1. The first kappa shape index (κ1) is 17.0. The molecule has 0 bridgehead atoms. The molecule has 0 spiro atoms. The van der Waals surface area contributed by atoms with Crippen molar-refractivity contribution >= 4 is 46.4 Å². The number of nitrogens with one attached hydrogen (secondary N) is 1. The highest BCUT2D eigenvalue weighted by Crippen LogP contribution is 2.30. The zero-order valence-corrected chi connectivity index (χ0v) is 13.8. The van der Waals surface area contributed by atoms with E-state index in [1.807, 2.05) is 0 Å². The van der Waals surface area contributed by atoms with Gasteiger partial charge in [-0.2, -0.15) is 0 Å². The third-order valence-corrected chi connectivity index (χ3v) is 3.66. The first-order valence-electron chi connectivity index (χ1n) is 6.42. The van der Waals surface area contributed by atoms with Gasteiger partial charge in [0, 0.05) is 14.1 Å². The lowest BCUT2D eigenvalue weighted by atomic mass is 10.3. The number of nitrogens with zero attached hydrogens (tertiary/aromatic N) is 4. The summed E-state index contributed by atoms with van der Waals surface area (Å²) in [5, 5.41) is 14.2. The zero-order chi connectivity index (χ0) is 17.1. The van der Waals surface area contributed by atoms with Crippen molar-refractivity contribution in [2.75, 3.05) is 23.8 Å². The summed E-state index contributed by atoms with van der Waals surface area (Å²) in [5.74, 6) is -0.521. The Hall–Kier alpha value is -2.32. The molecule has 0 atom stereocenters. The van der Waals surface area contributed by atoms with Gasteiger partial charge in [0.1, 0.15) is 0 Å². The lowest BCUT2D eigenvalue weighted by molar-refractivity contribution is -0.388. The Morgan fingerprint density at radius 1 is 1.43 bits per heavy atom. The van der Waals surface area contributed by atoms with Crippen molar-refractivity contribution in [3.05, 3.63) is 44.7 Å². The molecule has 23 heavy (non-hydrogen) atoms. The molecular formula is C13H13Cl2N5O3. The van der Waals surface area contributed by atoms with Crippen molar-refractivity contribution in [3.8, 4) is 0 Å². The molecule has 10 heteroatoms. The van der Waals surface area contributed by atoms with Gasteiger partial charge in [0.15, 0.2) is 0 Å². The number of aryl methyl sites for hydroxylation is 1. The van der Waals surface area contributed by atoms with Crippen LogP contribution in [0.4, 0.5) is 17.3 Å². The first-order chi connectivity index (χ1) is 10.8. The van der Waals surface area contributed by atoms with Crippen molar-refractivity contribution in [1.82, 2.24) is 9.55 Å². The van der Waals surface area contributed by atoms with Crippen LogP contribution < -0.4 is 10.2 Å². The van der Waals surface area contributed by atoms with Crippen LogP contribution in [-0.2, 0) is 11.8 Å². The molecule has 1 aromatic carbocycles. The van der Waals surface area contributed by atoms with Crippen LogP contribution in [0.1, 0.15) is 0 Å². The van der Waals surface area contributed by atoms with Crippen molar-refractivity contribution in [3.63, 3.8) is 0 Å². The molecule has 0 radical (unpaired) electrons. The highest BCUT2D eigenvalue weighted by atomic mass is 35.5. The minimum absolute atomic E-state index is 0.137. The molecule has 0 fully saturated rings. The van der Waals surface area contributed by atoms with Crippen LogP contribution in [0.3, 0.4) is 0 Å². The highest BCUT2D eigenvalue weighted by Gasteiger charge is 2.25. The van der Waals surface area contributed by atoms with E-state index in [0.29, 0.717) is 15.7 Å².